The van der Waals surface area contributed by atoms with E-state index in [0.717, 1.165) is 11.0 Å². The van der Waals surface area contributed by atoms with Crippen LogP contribution >= 0.6 is 0 Å². The molecule has 5 aromatic rings. The molecule has 3 nitrogen and oxygen atoms in total. The maximum Gasteiger partial charge on any atom is 0.0725 e. The highest BCUT2D eigenvalue weighted by atomic mass is 14.9. The van der Waals surface area contributed by atoms with Gasteiger partial charge in [0.05, 0.1) is 28.9 Å². The van der Waals surface area contributed by atoms with Crippen molar-refractivity contribution in [2.45, 2.75) is 40.0 Å². The van der Waals surface area contributed by atoms with Crippen LogP contribution in [0, 0.1) is 0 Å². The number of pyridine rings is 2. The van der Waals surface area contributed by atoms with Crippen LogP contribution in [0.4, 0.5) is 0 Å². The topological polar surface area (TPSA) is 30.2 Å². The Morgan fingerprint density at radius 1 is 0.760 bits per heavy atom. The van der Waals surface area contributed by atoms with E-state index < -0.39 is 0 Å². The van der Waals surface area contributed by atoms with Crippen LogP contribution in [0.1, 0.15) is 40.2 Å². The van der Waals surface area contributed by atoms with Gasteiger partial charge in [-0.25, -0.2) is 0 Å². The number of nitrogens with zero attached hydrogens (tertiary/aromatic N) is 3. The molecule has 4 heterocycles. The number of benzene rings is 1. The second kappa shape index (κ2) is 5.41. The summed E-state index contributed by atoms with van der Waals surface area (Å²) >= 11 is 0. The van der Waals surface area contributed by atoms with Gasteiger partial charge in [0.2, 0.25) is 0 Å². The molecular weight excluding hydrogens is 306 g/mol. The zero-order valence-corrected chi connectivity index (χ0v) is 15.5. The molecule has 0 saturated carbocycles. The highest BCUT2D eigenvalue weighted by molar-refractivity contribution is 6.23. The van der Waals surface area contributed by atoms with Gasteiger partial charge >= 0.3 is 0 Å². The van der Waals surface area contributed by atoms with Crippen LogP contribution in [-0.4, -0.2) is 14.4 Å². The maximum atomic E-state index is 4.34. The van der Waals surface area contributed by atoms with Crippen molar-refractivity contribution in [3.8, 4) is 0 Å². The fourth-order valence-electron chi connectivity index (χ4n) is 3.67. The molecule has 1 aromatic carbocycles. The molecule has 126 valence electrons. The van der Waals surface area contributed by atoms with Crippen molar-refractivity contribution in [1.29, 1.82) is 0 Å². The van der Waals surface area contributed by atoms with Gasteiger partial charge in [0.25, 0.3) is 0 Å². The minimum absolute atomic E-state index is 0.113. The first kappa shape index (κ1) is 15.8. The Hall–Kier alpha value is -2.68. The maximum absolute atomic E-state index is 4.34. The number of rotatable bonds is 0. The normalized spacial score (nSPS) is 12.2. The lowest BCUT2D eigenvalue weighted by atomic mass is 9.85. The lowest BCUT2D eigenvalue weighted by molar-refractivity contribution is 0.592. The summed E-state index contributed by atoms with van der Waals surface area (Å²) < 4.78 is 2.31. The predicted molar refractivity (Wildman–Crippen MR) is 107 cm³/mol. The largest absolute Gasteiger partial charge is 0.305 e. The standard InChI is InChI=1S/C20H17N3.C2H6/c1-20(2,3)12-8-15-13-4-6-21-10-17(13)23-18-11-22-7-5-14(18)16(9-12)19(15)23;1-2/h4-11H,1-3H3;1-2H3. The van der Waals surface area contributed by atoms with E-state index in [0.29, 0.717) is 0 Å². The molecule has 0 atom stereocenters. The zero-order valence-electron chi connectivity index (χ0n) is 15.5. The molecule has 0 amide bonds. The third-order valence-corrected chi connectivity index (χ3v) is 4.86. The third-order valence-electron chi connectivity index (χ3n) is 4.86. The number of hydrogen-bond acceptors (Lipinski definition) is 2. The SMILES string of the molecule is CC.CC(C)(C)c1cc2c3ccncc3n3c4cnccc4c(c1)c23. The van der Waals surface area contributed by atoms with E-state index in [1.54, 1.807) is 0 Å². The van der Waals surface area contributed by atoms with Crippen LogP contribution in [0.2, 0.25) is 0 Å². The average molecular weight is 329 g/mol. The summed E-state index contributed by atoms with van der Waals surface area (Å²) in [6.45, 7) is 10.8. The van der Waals surface area contributed by atoms with E-state index in [4.69, 9.17) is 0 Å². The quantitative estimate of drug-likeness (QED) is 0.351. The molecule has 25 heavy (non-hydrogen) atoms. The van der Waals surface area contributed by atoms with E-state index in [-0.39, 0.29) is 5.41 Å². The second-order valence-electron chi connectivity index (χ2n) is 7.29. The highest BCUT2D eigenvalue weighted by Gasteiger charge is 2.21. The number of fused-ring (bicyclic) bond motifs is 6. The minimum atomic E-state index is 0.113. The van der Waals surface area contributed by atoms with Crippen LogP contribution in [-0.2, 0) is 5.41 Å². The van der Waals surface area contributed by atoms with Gasteiger partial charge in [-0.15, -0.1) is 0 Å². The van der Waals surface area contributed by atoms with Gasteiger partial charge in [-0.05, 0) is 35.2 Å². The molecule has 0 spiro atoms. The minimum Gasteiger partial charge on any atom is -0.305 e. The van der Waals surface area contributed by atoms with Crippen molar-refractivity contribution in [3.63, 3.8) is 0 Å². The Morgan fingerprint density at radius 2 is 1.24 bits per heavy atom. The van der Waals surface area contributed by atoms with Crippen LogP contribution < -0.4 is 0 Å². The van der Waals surface area contributed by atoms with Gasteiger partial charge in [0.1, 0.15) is 0 Å². The van der Waals surface area contributed by atoms with Crippen molar-refractivity contribution in [3.05, 3.63) is 54.6 Å². The summed E-state index contributed by atoms with van der Waals surface area (Å²) in [5, 5.41) is 5.13. The Kier molecular flexibility index (Phi) is 3.43. The monoisotopic (exact) mass is 329 g/mol. The molecule has 0 unspecified atom stereocenters. The summed E-state index contributed by atoms with van der Waals surface area (Å²) in [6, 6.07) is 8.92. The molecule has 0 N–H and O–H groups in total. The zero-order chi connectivity index (χ0) is 17.8. The summed E-state index contributed by atoms with van der Waals surface area (Å²) in [5.74, 6) is 0. The van der Waals surface area contributed by atoms with Crippen molar-refractivity contribution in [1.82, 2.24) is 14.4 Å². The fraction of sp³-hybridized carbons (Fsp3) is 0.273. The van der Waals surface area contributed by atoms with Gasteiger partial charge in [-0.3, -0.25) is 9.97 Å². The molecule has 0 aliphatic carbocycles. The fourth-order valence-corrected chi connectivity index (χ4v) is 3.67. The third kappa shape index (κ3) is 2.12. The number of hydrogen-bond donors (Lipinski definition) is 0. The smallest absolute Gasteiger partial charge is 0.0725 e. The first-order valence-electron chi connectivity index (χ1n) is 8.93. The van der Waals surface area contributed by atoms with Gasteiger partial charge < -0.3 is 4.40 Å². The molecule has 4 aromatic heterocycles. The average Bonchev–Trinajstić information content (AvgIpc) is 3.14. The summed E-state index contributed by atoms with van der Waals surface area (Å²) in [7, 11) is 0. The van der Waals surface area contributed by atoms with E-state index in [1.165, 1.54) is 32.6 Å². The Balaban J connectivity index is 0.000000758. The van der Waals surface area contributed by atoms with Crippen LogP contribution in [0.25, 0.3) is 38.1 Å². The predicted octanol–water partition coefficient (Wildman–Crippen LogP) is 5.95. The lowest BCUT2D eigenvalue weighted by Crippen LogP contribution is -2.10. The summed E-state index contributed by atoms with van der Waals surface area (Å²) in [4.78, 5) is 8.69. The first-order valence-corrected chi connectivity index (χ1v) is 8.93. The van der Waals surface area contributed by atoms with Crippen LogP contribution in [0.15, 0.2) is 49.1 Å². The van der Waals surface area contributed by atoms with Gasteiger partial charge in [0.15, 0.2) is 0 Å². The molecule has 3 heteroatoms. The molecule has 0 saturated heterocycles. The summed E-state index contributed by atoms with van der Waals surface area (Å²) in [5.41, 5.74) is 5.06. The molecule has 0 fully saturated rings. The van der Waals surface area contributed by atoms with Gasteiger partial charge in [0, 0.05) is 33.9 Å². The van der Waals surface area contributed by atoms with Crippen molar-refractivity contribution < 1.29 is 0 Å². The highest BCUT2D eigenvalue weighted by Crippen LogP contribution is 2.40. The second-order valence-corrected chi connectivity index (χ2v) is 7.29. The molecule has 0 radical (unpaired) electrons. The van der Waals surface area contributed by atoms with Gasteiger partial charge in [-0.1, -0.05) is 34.6 Å². The molecule has 0 bridgehead atoms. The lowest BCUT2D eigenvalue weighted by Gasteiger charge is -2.19. The molecule has 0 aliphatic rings. The van der Waals surface area contributed by atoms with E-state index in [2.05, 4.69) is 59.4 Å². The van der Waals surface area contributed by atoms with Crippen molar-refractivity contribution in [2.24, 2.45) is 0 Å². The van der Waals surface area contributed by atoms with Crippen molar-refractivity contribution in [2.75, 3.05) is 0 Å². The molecular formula is C22H23N3. The Bertz CT molecular complexity index is 1110. The Morgan fingerprint density at radius 3 is 1.68 bits per heavy atom. The molecule has 0 aliphatic heterocycles. The summed E-state index contributed by atoms with van der Waals surface area (Å²) in [6.07, 6.45) is 7.67. The van der Waals surface area contributed by atoms with Crippen LogP contribution in [0.3, 0.4) is 0 Å². The van der Waals surface area contributed by atoms with E-state index in [1.807, 2.05) is 38.6 Å². The van der Waals surface area contributed by atoms with Crippen molar-refractivity contribution >= 4 is 38.1 Å². The van der Waals surface area contributed by atoms with E-state index in [9.17, 15) is 0 Å². The molecule has 5 rings (SSSR count). The van der Waals surface area contributed by atoms with E-state index >= 15 is 0 Å². The Labute approximate surface area is 147 Å². The first-order chi connectivity index (χ1) is 12.1. The van der Waals surface area contributed by atoms with Gasteiger partial charge in [-0.2, -0.15) is 0 Å². The number of aromatic nitrogens is 3. The van der Waals surface area contributed by atoms with Crippen LogP contribution in [0.5, 0.6) is 0 Å².